The molecule has 10 nitrogen and oxygen atoms in total. The largest absolute Gasteiger partial charge is 0.505 e. The van der Waals surface area contributed by atoms with Crippen LogP contribution in [0.4, 0.5) is 5.13 Å². The van der Waals surface area contributed by atoms with Crippen LogP contribution >= 0.6 is 34.7 Å². The number of carbonyl (C=O) groups excluding carboxylic acids is 2. The van der Waals surface area contributed by atoms with Gasteiger partial charge in [0.25, 0.3) is 5.78 Å². The van der Waals surface area contributed by atoms with E-state index in [1.165, 1.54) is 35.1 Å². The van der Waals surface area contributed by atoms with E-state index in [0.29, 0.717) is 55.8 Å². The molecular weight excluding hydrogens is 658 g/mol. The number of aliphatic hydroxyl groups excluding tert-OH is 1. The lowest BCUT2D eigenvalue weighted by Gasteiger charge is -2.23. The van der Waals surface area contributed by atoms with Gasteiger partial charge in [0.2, 0.25) is 5.13 Å². The van der Waals surface area contributed by atoms with Crippen LogP contribution in [0.1, 0.15) is 54.7 Å². The molecule has 0 bridgehead atoms. The highest BCUT2D eigenvalue weighted by molar-refractivity contribution is 8.00. The lowest BCUT2D eigenvalue weighted by Crippen LogP contribution is -2.29. The molecule has 0 radical (unpaired) electrons. The van der Waals surface area contributed by atoms with Crippen LogP contribution in [0.2, 0.25) is 5.02 Å². The number of carbonyl (C=O) groups is 2. The number of hydrogen-bond donors (Lipinski definition) is 1. The number of nitrogens with zero attached hydrogens (tertiary/aromatic N) is 5. The fourth-order valence-corrected chi connectivity index (χ4v) is 7.65. The summed E-state index contributed by atoms with van der Waals surface area (Å²) in [7, 11) is 1.53. The minimum atomic E-state index is -1.04. The second-order valence-electron chi connectivity index (χ2n) is 10.8. The summed E-state index contributed by atoms with van der Waals surface area (Å²) in [5.74, 6) is -0.512. The van der Waals surface area contributed by atoms with Crippen LogP contribution in [0, 0.1) is 6.92 Å². The van der Waals surface area contributed by atoms with Gasteiger partial charge < -0.3 is 14.6 Å². The van der Waals surface area contributed by atoms with Gasteiger partial charge in [0.05, 0.1) is 31.0 Å². The number of unbranched alkanes of at least 4 members (excludes halogenated alkanes) is 2. The summed E-state index contributed by atoms with van der Waals surface area (Å²) in [5.41, 5.74) is 2.77. The molecule has 1 aliphatic heterocycles. The Morgan fingerprint density at radius 3 is 2.66 bits per heavy atom. The van der Waals surface area contributed by atoms with Gasteiger partial charge in [-0.1, -0.05) is 84.8 Å². The maximum Gasteiger partial charge on any atom is 0.301 e. The summed E-state index contributed by atoms with van der Waals surface area (Å²) in [6.07, 6.45) is 4.75. The molecule has 1 N–H and O–H groups in total. The van der Waals surface area contributed by atoms with Crippen molar-refractivity contribution < 1.29 is 24.2 Å². The normalized spacial score (nSPS) is 15.9. The van der Waals surface area contributed by atoms with Crippen molar-refractivity contribution in [1.82, 2.24) is 19.6 Å². The first kappa shape index (κ1) is 32.5. The Morgan fingerprint density at radius 1 is 1.06 bits per heavy atom. The minimum Gasteiger partial charge on any atom is -0.505 e. The third kappa shape index (κ3) is 6.45. The molecule has 242 valence electrons. The zero-order valence-electron chi connectivity index (χ0n) is 26.0. The number of hydrogen-bond acceptors (Lipinski definition) is 10. The van der Waals surface area contributed by atoms with E-state index in [9.17, 15) is 14.7 Å². The van der Waals surface area contributed by atoms with Gasteiger partial charge >= 0.3 is 5.91 Å². The number of fused-ring (bicyclic) bond motifs is 1. The molecule has 1 unspecified atom stereocenters. The number of aromatic nitrogens is 4. The number of thioether (sulfide) groups is 1. The van der Waals surface area contributed by atoms with Crippen molar-refractivity contribution in [2.45, 2.75) is 49.2 Å². The van der Waals surface area contributed by atoms with E-state index in [-0.39, 0.29) is 16.5 Å². The first-order chi connectivity index (χ1) is 22.8. The number of ether oxygens (including phenoxy) is 2. The molecule has 13 heteroatoms. The summed E-state index contributed by atoms with van der Waals surface area (Å²) in [5, 5.41) is 21.4. The predicted octanol–water partition coefficient (Wildman–Crippen LogP) is 7.64. The van der Waals surface area contributed by atoms with Gasteiger partial charge in [-0.25, -0.2) is 4.98 Å². The van der Waals surface area contributed by atoms with E-state index >= 15 is 0 Å². The van der Waals surface area contributed by atoms with Gasteiger partial charge in [-0.3, -0.25) is 18.9 Å². The molecule has 3 aromatic heterocycles. The number of methoxy groups -OCH3 is 1. The van der Waals surface area contributed by atoms with Gasteiger partial charge in [-0.2, -0.15) is 0 Å². The molecule has 1 amide bonds. The third-order valence-electron chi connectivity index (χ3n) is 7.79. The number of halogens is 1. The molecule has 1 fully saturated rings. The van der Waals surface area contributed by atoms with Crippen LogP contribution in [-0.2, 0) is 15.3 Å². The fraction of sp³-hybridized carbons (Fsp3) is 0.265. The van der Waals surface area contributed by atoms with Gasteiger partial charge in [0.1, 0.15) is 11.3 Å². The molecule has 1 saturated heterocycles. The van der Waals surface area contributed by atoms with Gasteiger partial charge in [0, 0.05) is 17.0 Å². The molecule has 2 aromatic carbocycles. The van der Waals surface area contributed by atoms with Gasteiger partial charge in [0.15, 0.2) is 21.6 Å². The Balaban J connectivity index is 1.43. The number of amides is 1. The van der Waals surface area contributed by atoms with Crippen LogP contribution in [0.15, 0.2) is 76.8 Å². The minimum absolute atomic E-state index is 0.0945. The molecule has 0 saturated carbocycles. The topological polar surface area (TPSA) is 119 Å². The van der Waals surface area contributed by atoms with E-state index < -0.39 is 17.7 Å². The first-order valence-corrected chi connectivity index (χ1v) is 17.3. The van der Waals surface area contributed by atoms with Crippen molar-refractivity contribution in [3.8, 4) is 11.5 Å². The van der Waals surface area contributed by atoms with E-state index in [0.717, 1.165) is 24.8 Å². The lowest BCUT2D eigenvalue weighted by atomic mass is 9.96. The summed E-state index contributed by atoms with van der Waals surface area (Å²) < 4.78 is 14.0. The highest BCUT2D eigenvalue weighted by Gasteiger charge is 2.49. The Labute approximate surface area is 285 Å². The van der Waals surface area contributed by atoms with E-state index in [4.69, 9.17) is 21.1 Å². The maximum absolute atomic E-state index is 13.9. The SMILES string of the molecule is CCCCCOc1ccc(C2/C(=C(\O)c3c(C)nc4ccccn34)C(=O)C(=O)N2c2nnc(SCc3ccccc3Cl)s2)cc1OC. The van der Waals surface area contributed by atoms with Crippen LogP contribution in [0.5, 0.6) is 11.5 Å². The van der Waals surface area contributed by atoms with Crippen LogP contribution in [-0.4, -0.2) is 50.1 Å². The number of anilines is 1. The predicted molar refractivity (Wildman–Crippen MR) is 184 cm³/mol. The van der Waals surface area contributed by atoms with E-state index in [1.807, 2.05) is 30.3 Å². The molecule has 1 atom stereocenters. The van der Waals surface area contributed by atoms with Crippen molar-refractivity contribution in [2.24, 2.45) is 0 Å². The van der Waals surface area contributed by atoms with Crippen molar-refractivity contribution >= 4 is 62.9 Å². The molecule has 6 rings (SSSR count). The number of aliphatic hydroxyl groups is 1. The number of benzene rings is 2. The van der Waals surface area contributed by atoms with Crippen molar-refractivity contribution in [3.05, 3.63) is 100.0 Å². The smallest absolute Gasteiger partial charge is 0.301 e. The van der Waals surface area contributed by atoms with Gasteiger partial charge in [-0.05, 0) is 54.8 Å². The second-order valence-corrected chi connectivity index (χ2v) is 13.4. The van der Waals surface area contributed by atoms with Gasteiger partial charge in [-0.15, -0.1) is 10.2 Å². The third-order valence-corrected chi connectivity index (χ3v) is 10.3. The van der Waals surface area contributed by atoms with Crippen molar-refractivity contribution in [3.63, 3.8) is 0 Å². The number of rotatable bonds is 12. The zero-order chi connectivity index (χ0) is 33.1. The summed E-state index contributed by atoms with van der Waals surface area (Å²) in [6.45, 7) is 4.39. The molecule has 4 heterocycles. The number of pyridine rings is 1. The number of Topliss-reactive ketones (excluding diaryl/α,β-unsaturated/α-hetero) is 1. The number of imidazole rings is 1. The molecule has 47 heavy (non-hydrogen) atoms. The van der Waals surface area contributed by atoms with Crippen LogP contribution in [0.3, 0.4) is 0 Å². The quantitative estimate of drug-likeness (QED) is 0.0352. The average Bonchev–Trinajstić information content (AvgIpc) is 3.75. The number of aryl methyl sites for hydroxylation is 1. The zero-order valence-corrected chi connectivity index (χ0v) is 28.4. The van der Waals surface area contributed by atoms with E-state index in [2.05, 4.69) is 22.1 Å². The Bertz CT molecular complexity index is 1990. The maximum atomic E-state index is 13.9. The Hall–Kier alpha value is -4.39. The molecule has 1 aliphatic rings. The van der Waals surface area contributed by atoms with Crippen molar-refractivity contribution in [1.29, 1.82) is 0 Å². The monoisotopic (exact) mass is 689 g/mol. The Morgan fingerprint density at radius 2 is 1.87 bits per heavy atom. The summed E-state index contributed by atoms with van der Waals surface area (Å²) in [6, 6.07) is 17.2. The van der Waals surface area contributed by atoms with E-state index in [1.54, 1.807) is 47.9 Å². The summed E-state index contributed by atoms with van der Waals surface area (Å²) in [4.78, 5) is 33.6. The average molecular weight is 690 g/mol. The second kappa shape index (κ2) is 14.2. The van der Waals surface area contributed by atoms with Crippen molar-refractivity contribution in [2.75, 3.05) is 18.6 Å². The fourth-order valence-electron chi connectivity index (χ4n) is 5.49. The highest BCUT2D eigenvalue weighted by Crippen LogP contribution is 2.46. The standard InChI is InChI=1S/C34H32ClN5O5S2/c1-4-5-10-17-45-24-15-14-21(18-25(24)44-3)29-27(30(41)28-20(2)36-26-13-8-9-16-39(26)28)31(42)32(43)40(29)33-37-38-34(47-33)46-19-22-11-6-7-12-23(22)35/h6-9,11-16,18,29,41H,4-5,10,17,19H2,1-3H3/b30-27+. The molecule has 5 aromatic rings. The summed E-state index contributed by atoms with van der Waals surface area (Å²) >= 11 is 8.94. The van der Waals surface area contributed by atoms with Crippen LogP contribution in [0.25, 0.3) is 11.4 Å². The molecule has 0 aliphatic carbocycles. The lowest BCUT2D eigenvalue weighted by molar-refractivity contribution is -0.132. The molecular formula is C34H32ClN5O5S2. The Kier molecular flexibility index (Phi) is 9.81. The first-order valence-electron chi connectivity index (χ1n) is 15.1. The molecule has 0 spiro atoms. The van der Waals surface area contributed by atoms with Crippen LogP contribution < -0.4 is 14.4 Å². The highest BCUT2D eigenvalue weighted by atomic mass is 35.5. The number of ketones is 1.